The molecule has 1 amide bonds. The maximum atomic E-state index is 13.0. The Morgan fingerprint density at radius 3 is 1.66 bits per heavy atom. The van der Waals surface area contributed by atoms with Crippen molar-refractivity contribution in [2.75, 3.05) is 39.8 Å². The van der Waals surface area contributed by atoms with Gasteiger partial charge in [-0.3, -0.25) is 19.6 Å². The standard InChI is InChI=1S/C18H26N4O.3C2HF3O2/c1-3-9-22-13-12-20(2)18(17(22)23)6-10-21(11-7-18)15-16-5-4-8-19-14-16;3*3-2(4,5)1(6)7/h3-5,8,14H,1,6-7,9-13,15H2,2H3;3*(H,6,7). The predicted octanol–water partition coefficient (Wildman–Crippen LogP) is 3.28. The molecule has 3 rings (SSSR count). The van der Waals surface area contributed by atoms with E-state index in [0.717, 1.165) is 45.6 Å². The van der Waals surface area contributed by atoms with Crippen LogP contribution in [0.15, 0.2) is 37.2 Å². The summed E-state index contributed by atoms with van der Waals surface area (Å²) in [4.78, 5) is 50.5. The first-order valence-corrected chi connectivity index (χ1v) is 12.1. The fraction of sp³-hybridized carbons (Fsp3) is 0.542. The molecule has 20 heteroatoms. The summed E-state index contributed by atoms with van der Waals surface area (Å²) >= 11 is 0. The van der Waals surface area contributed by atoms with Crippen molar-refractivity contribution in [1.82, 2.24) is 19.7 Å². The fourth-order valence-electron chi connectivity index (χ4n) is 3.80. The summed E-state index contributed by atoms with van der Waals surface area (Å²) in [6.07, 6.45) is -7.90. The number of likely N-dealkylation sites (N-methyl/N-ethyl adjacent to an activating group) is 1. The number of piperidine rings is 1. The van der Waals surface area contributed by atoms with Crippen LogP contribution in [0.5, 0.6) is 0 Å². The van der Waals surface area contributed by atoms with Crippen LogP contribution in [0.25, 0.3) is 0 Å². The van der Waals surface area contributed by atoms with Crippen molar-refractivity contribution in [2.24, 2.45) is 0 Å². The van der Waals surface area contributed by atoms with E-state index in [1.807, 2.05) is 23.2 Å². The van der Waals surface area contributed by atoms with Crippen molar-refractivity contribution in [3.63, 3.8) is 0 Å². The number of aliphatic carboxylic acids is 3. The highest BCUT2D eigenvalue weighted by Crippen LogP contribution is 2.33. The lowest BCUT2D eigenvalue weighted by atomic mass is 9.82. The number of carbonyl (C=O) groups is 4. The number of nitrogens with zero attached hydrogens (tertiary/aromatic N) is 4. The molecule has 1 aromatic rings. The van der Waals surface area contributed by atoms with E-state index in [-0.39, 0.29) is 11.4 Å². The zero-order valence-electron chi connectivity index (χ0n) is 22.9. The first kappa shape index (κ1) is 40.1. The van der Waals surface area contributed by atoms with Crippen molar-refractivity contribution in [1.29, 1.82) is 0 Å². The summed E-state index contributed by atoms with van der Waals surface area (Å²) in [5, 5.41) is 21.4. The molecule has 0 bridgehead atoms. The summed E-state index contributed by atoms with van der Waals surface area (Å²) < 4.78 is 95.2. The van der Waals surface area contributed by atoms with E-state index in [4.69, 9.17) is 29.7 Å². The Morgan fingerprint density at radius 1 is 0.886 bits per heavy atom. The second kappa shape index (κ2) is 16.8. The monoisotopic (exact) mass is 656 g/mol. The maximum absolute atomic E-state index is 13.0. The van der Waals surface area contributed by atoms with E-state index in [1.165, 1.54) is 5.56 Å². The van der Waals surface area contributed by atoms with Gasteiger partial charge in [0.05, 0.1) is 0 Å². The Hall–Kier alpha value is -3.94. The van der Waals surface area contributed by atoms with Gasteiger partial charge < -0.3 is 20.2 Å². The van der Waals surface area contributed by atoms with Crippen LogP contribution in [0.2, 0.25) is 0 Å². The number of amides is 1. The predicted molar refractivity (Wildman–Crippen MR) is 132 cm³/mol. The van der Waals surface area contributed by atoms with Gasteiger partial charge in [0.1, 0.15) is 5.54 Å². The minimum absolute atomic E-state index is 0.284. The number of hydrogen-bond acceptors (Lipinski definition) is 7. The highest BCUT2D eigenvalue weighted by Gasteiger charge is 2.49. The molecule has 250 valence electrons. The molecule has 2 aliphatic heterocycles. The third-order valence-electron chi connectivity index (χ3n) is 6.01. The van der Waals surface area contributed by atoms with Gasteiger partial charge in [0.25, 0.3) is 0 Å². The number of pyridine rings is 1. The zero-order valence-corrected chi connectivity index (χ0v) is 22.9. The van der Waals surface area contributed by atoms with Gasteiger partial charge in [-0.15, -0.1) is 6.58 Å². The van der Waals surface area contributed by atoms with Crippen molar-refractivity contribution < 1.29 is 74.0 Å². The Morgan fingerprint density at radius 2 is 1.32 bits per heavy atom. The van der Waals surface area contributed by atoms with Crippen molar-refractivity contribution >= 4 is 23.8 Å². The molecule has 2 fully saturated rings. The average molecular weight is 656 g/mol. The van der Waals surface area contributed by atoms with Crippen LogP contribution in [-0.2, 0) is 25.7 Å². The summed E-state index contributed by atoms with van der Waals surface area (Å²) in [6.45, 7) is 9.01. The fourth-order valence-corrected chi connectivity index (χ4v) is 3.80. The molecule has 2 aliphatic rings. The van der Waals surface area contributed by atoms with Crippen LogP contribution < -0.4 is 0 Å². The van der Waals surface area contributed by atoms with E-state index < -0.39 is 36.4 Å². The lowest BCUT2D eigenvalue weighted by Crippen LogP contribution is -2.67. The van der Waals surface area contributed by atoms with Gasteiger partial charge in [0.2, 0.25) is 5.91 Å². The first-order chi connectivity index (χ1) is 20.0. The van der Waals surface area contributed by atoms with E-state index in [9.17, 15) is 44.3 Å². The smallest absolute Gasteiger partial charge is 0.475 e. The number of carboxylic acids is 3. The minimum atomic E-state index is -5.08. The summed E-state index contributed by atoms with van der Waals surface area (Å²) in [6, 6.07) is 4.09. The van der Waals surface area contributed by atoms with E-state index >= 15 is 0 Å². The molecule has 0 aliphatic carbocycles. The molecule has 0 atom stereocenters. The topological polar surface area (TPSA) is 152 Å². The number of carboxylic acid groups (broad SMARTS) is 3. The number of hydrogen-bond donors (Lipinski definition) is 3. The van der Waals surface area contributed by atoms with Gasteiger partial charge >= 0.3 is 36.4 Å². The van der Waals surface area contributed by atoms with Gasteiger partial charge in [-0.2, -0.15) is 39.5 Å². The van der Waals surface area contributed by atoms with Crippen LogP contribution >= 0.6 is 0 Å². The summed E-state index contributed by atoms with van der Waals surface area (Å²) in [5.41, 5.74) is 0.923. The molecule has 1 aromatic heterocycles. The summed E-state index contributed by atoms with van der Waals surface area (Å²) in [5.74, 6) is -7.99. The maximum Gasteiger partial charge on any atom is 0.490 e. The molecule has 0 radical (unpaired) electrons. The first-order valence-electron chi connectivity index (χ1n) is 12.1. The highest BCUT2D eigenvalue weighted by atomic mass is 19.4. The Bertz CT molecular complexity index is 1050. The third kappa shape index (κ3) is 13.6. The number of aromatic nitrogens is 1. The molecular formula is C24H29F9N4O7. The molecule has 44 heavy (non-hydrogen) atoms. The molecule has 3 heterocycles. The van der Waals surface area contributed by atoms with E-state index in [2.05, 4.69) is 34.5 Å². The van der Waals surface area contributed by atoms with Crippen molar-refractivity contribution in [3.8, 4) is 0 Å². The molecule has 2 saturated heterocycles. The highest BCUT2D eigenvalue weighted by molar-refractivity contribution is 5.87. The van der Waals surface area contributed by atoms with Gasteiger partial charge in [0, 0.05) is 51.7 Å². The van der Waals surface area contributed by atoms with Crippen LogP contribution in [0.3, 0.4) is 0 Å². The van der Waals surface area contributed by atoms with Gasteiger partial charge in [-0.05, 0) is 31.5 Å². The molecular weight excluding hydrogens is 627 g/mol. The largest absolute Gasteiger partial charge is 0.490 e. The molecule has 0 aromatic carbocycles. The molecule has 0 saturated carbocycles. The quantitative estimate of drug-likeness (QED) is 0.326. The number of halogens is 9. The van der Waals surface area contributed by atoms with Crippen LogP contribution in [0.4, 0.5) is 39.5 Å². The Kier molecular flexibility index (Phi) is 15.3. The minimum Gasteiger partial charge on any atom is -0.475 e. The second-order valence-corrected chi connectivity index (χ2v) is 9.04. The number of likely N-dealkylation sites (tertiary alicyclic amines) is 1. The number of carbonyl (C=O) groups excluding carboxylic acids is 1. The second-order valence-electron chi connectivity index (χ2n) is 9.04. The SMILES string of the molecule is C=CCN1CCN(C)C2(CCN(Cc3cccnc3)CC2)C1=O.O=C(O)C(F)(F)F.O=C(O)C(F)(F)F.O=C(O)C(F)(F)F. The third-order valence-corrected chi connectivity index (χ3v) is 6.01. The number of alkyl halides is 9. The number of rotatable bonds is 4. The lowest BCUT2D eigenvalue weighted by Gasteiger charge is -2.51. The normalized spacial score (nSPS) is 17.1. The summed E-state index contributed by atoms with van der Waals surface area (Å²) in [7, 11) is 2.10. The van der Waals surface area contributed by atoms with E-state index in [1.54, 1.807) is 6.20 Å². The number of piperazine rings is 1. The van der Waals surface area contributed by atoms with Crippen LogP contribution in [0, 0.1) is 0 Å². The Labute approximate surface area is 244 Å². The molecule has 3 N–H and O–H groups in total. The van der Waals surface area contributed by atoms with Crippen molar-refractivity contribution in [2.45, 2.75) is 43.5 Å². The van der Waals surface area contributed by atoms with Gasteiger partial charge in [-0.1, -0.05) is 12.1 Å². The van der Waals surface area contributed by atoms with Gasteiger partial charge in [0.15, 0.2) is 0 Å². The molecule has 0 unspecified atom stereocenters. The van der Waals surface area contributed by atoms with Crippen molar-refractivity contribution in [3.05, 3.63) is 42.7 Å². The zero-order chi connectivity index (χ0) is 34.5. The average Bonchev–Trinajstić information content (AvgIpc) is 2.90. The van der Waals surface area contributed by atoms with Crippen LogP contribution in [0.1, 0.15) is 18.4 Å². The Balaban J connectivity index is 0.000000721. The van der Waals surface area contributed by atoms with E-state index in [0.29, 0.717) is 6.54 Å². The molecule has 1 spiro atoms. The lowest BCUT2D eigenvalue weighted by molar-refractivity contribution is -0.193. The van der Waals surface area contributed by atoms with Crippen LogP contribution in [-0.4, -0.2) is 123 Å². The van der Waals surface area contributed by atoms with Gasteiger partial charge in [-0.25, -0.2) is 14.4 Å². The molecule has 11 nitrogen and oxygen atoms in total.